The van der Waals surface area contributed by atoms with E-state index in [9.17, 15) is 4.79 Å². The van der Waals surface area contributed by atoms with Gasteiger partial charge in [-0.05, 0) is 13.0 Å². The zero-order valence-electron chi connectivity index (χ0n) is 6.92. The van der Waals surface area contributed by atoms with Gasteiger partial charge in [-0.25, -0.2) is 0 Å². The molecule has 3 heteroatoms. The first-order valence-corrected chi connectivity index (χ1v) is 3.42. The highest BCUT2D eigenvalue weighted by molar-refractivity contribution is 5.89. The van der Waals surface area contributed by atoms with E-state index in [1.54, 1.807) is 13.1 Å². The van der Waals surface area contributed by atoms with Crippen molar-refractivity contribution >= 4 is 11.8 Å². The third kappa shape index (κ3) is 1.61. The predicted octanol–water partition coefficient (Wildman–Crippen LogP) is 1.57. The number of hydrogen-bond donors (Lipinski definition) is 0. The van der Waals surface area contributed by atoms with E-state index >= 15 is 0 Å². The first-order valence-electron chi connectivity index (χ1n) is 3.42. The Bertz CT molecular complexity index is 265. The first kappa shape index (κ1) is 7.85. The molecule has 0 aliphatic heterocycles. The number of amides is 1. The summed E-state index contributed by atoms with van der Waals surface area (Å²) in [7, 11) is 1.68. The number of anilines is 1. The van der Waals surface area contributed by atoms with Crippen molar-refractivity contribution in [1.29, 1.82) is 0 Å². The maximum atomic E-state index is 10.8. The van der Waals surface area contributed by atoms with Gasteiger partial charge in [-0.1, -0.05) is 0 Å². The fourth-order valence-corrected chi connectivity index (χ4v) is 0.757. The third-order valence-electron chi connectivity index (χ3n) is 1.53. The van der Waals surface area contributed by atoms with Gasteiger partial charge in [-0.2, -0.15) is 0 Å². The van der Waals surface area contributed by atoms with E-state index in [2.05, 4.69) is 0 Å². The van der Waals surface area contributed by atoms with Crippen molar-refractivity contribution in [2.75, 3.05) is 11.9 Å². The van der Waals surface area contributed by atoms with Gasteiger partial charge in [-0.15, -0.1) is 0 Å². The molecule has 0 N–H and O–H groups in total. The molecule has 0 aliphatic carbocycles. The smallest absolute Gasteiger partial charge is 0.225 e. The van der Waals surface area contributed by atoms with E-state index in [0.29, 0.717) is 5.88 Å². The zero-order chi connectivity index (χ0) is 8.43. The van der Waals surface area contributed by atoms with E-state index in [4.69, 9.17) is 4.42 Å². The van der Waals surface area contributed by atoms with Crippen molar-refractivity contribution in [2.24, 2.45) is 0 Å². The third-order valence-corrected chi connectivity index (χ3v) is 1.53. The van der Waals surface area contributed by atoms with Crippen LogP contribution in [-0.2, 0) is 4.79 Å². The van der Waals surface area contributed by atoms with Gasteiger partial charge in [0.15, 0.2) is 0 Å². The van der Waals surface area contributed by atoms with Crippen molar-refractivity contribution in [3.8, 4) is 0 Å². The van der Waals surface area contributed by atoms with Crippen molar-refractivity contribution in [1.82, 2.24) is 0 Å². The number of carbonyl (C=O) groups is 1. The second-order valence-electron chi connectivity index (χ2n) is 2.46. The maximum Gasteiger partial charge on any atom is 0.225 e. The van der Waals surface area contributed by atoms with Crippen LogP contribution in [0.3, 0.4) is 0 Å². The molecule has 0 bridgehead atoms. The minimum absolute atomic E-state index is 0.0284. The Morgan fingerprint density at radius 3 is 2.55 bits per heavy atom. The molecule has 3 nitrogen and oxygen atoms in total. The average molecular weight is 153 g/mol. The van der Waals surface area contributed by atoms with E-state index in [1.165, 1.54) is 11.8 Å². The fourth-order valence-electron chi connectivity index (χ4n) is 0.757. The van der Waals surface area contributed by atoms with E-state index in [1.807, 2.05) is 13.0 Å². The van der Waals surface area contributed by atoms with Crippen LogP contribution < -0.4 is 4.90 Å². The zero-order valence-corrected chi connectivity index (χ0v) is 6.92. The Kier molecular flexibility index (Phi) is 1.98. The standard InChI is InChI=1S/C8H11NO2/c1-6-4-5-8(11-6)9(3)7(2)10/h4-5H,1-3H3. The van der Waals surface area contributed by atoms with Crippen LogP contribution in [0.5, 0.6) is 0 Å². The summed E-state index contributed by atoms with van der Waals surface area (Å²) in [6.07, 6.45) is 0. The molecule has 0 saturated heterocycles. The van der Waals surface area contributed by atoms with Crippen molar-refractivity contribution < 1.29 is 9.21 Å². The largest absolute Gasteiger partial charge is 0.445 e. The topological polar surface area (TPSA) is 33.5 Å². The predicted molar refractivity (Wildman–Crippen MR) is 42.5 cm³/mol. The molecule has 1 rings (SSSR count). The Balaban J connectivity index is 2.84. The molecular weight excluding hydrogens is 142 g/mol. The van der Waals surface area contributed by atoms with Crippen LogP contribution in [0.15, 0.2) is 16.5 Å². The molecule has 0 fully saturated rings. The van der Waals surface area contributed by atoms with Crippen LogP contribution in [-0.4, -0.2) is 13.0 Å². The van der Waals surface area contributed by atoms with Gasteiger partial charge in [0.05, 0.1) is 0 Å². The van der Waals surface area contributed by atoms with Crippen molar-refractivity contribution in [3.05, 3.63) is 17.9 Å². The average Bonchev–Trinajstić information content (AvgIpc) is 2.34. The summed E-state index contributed by atoms with van der Waals surface area (Å²) in [4.78, 5) is 12.3. The molecular formula is C8H11NO2. The van der Waals surface area contributed by atoms with Crippen LogP contribution in [0.2, 0.25) is 0 Å². The lowest BCUT2D eigenvalue weighted by atomic mass is 10.5. The molecule has 11 heavy (non-hydrogen) atoms. The SMILES string of the molecule is CC(=O)N(C)c1ccc(C)o1. The lowest BCUT2D eigenvalue weighted by molar-refractivity contribution is -0.116. The summed E-state index contributed by atoms with van der Waals surface area (Å²) in [5.41, 5.74) is 0. The highest BCUT2D eigenvalue weighted by Gasteiger charge is 2.07. The van der Waals surface area contributed by atoms with Crippen LogP contribution in [0.4, 0.5) is 5.88 Å². The van der Waals surface area contributed by atoms with E-state index in [-0.39, 0.29) is 5.91 Å². The lowest BCUT2D eigenvalue weighted by Crippen LogP contribution is -2.21. The van der Waals surface area contributed by atoms with Gasteiger partial charge in [0.1, 0.15) is 5.76 Å². The quantitative estimate of drug-likeness (QED) is 0.613. The Morgan fingerprint density at radius 2 is 2.18 bits per heavy atom. The van der Waals surface area contributed by atoms with Gasteiger partial charge in [0.2, 0.25) is 11.8 Å². The van der Waals surface area contributed by atoms with Gasteiger partial charge < -0.3 is 4.42 Å². The molecule has 0 saturated carbocycles. The summed E-state index contributed by atoms with van der Waals surface area (Å²) in [5.74, 6) is 1.38. The molecule has 0 unspecified atom stereocenters. The maximum absolute atomic E-state index is 10.8. The molecule has 60 valence electrons. The summed E-state index contributed by atoms with van der Waals surface area (Å²) in [6, 6.07) is 3.60. The summed E-state index contributed by atoms with van der Waals surface area (Å²) < 4.78 is 5.21. The Labute approximate surface area is 65.6 Å². The van der Waals surface area contributed by atoms with E-state index in [0.717, 1.165) is 5.76 Å². The number of nitrogens with zero attached hydrogens (tertiary/aromatic N) is 1. The minimum atomic E-state index is -0.0284. The molecule has 1 amide bonds. The summed E-state index contributed by atoms with van der Waals surface area (Å²) in [5, 5.41) is 0. The van der Waals surface area contributed by atoms with Crippen molar-refractivity contribution in [2.45, 2.75) is 13.8 Å². The second kappa shape index (κ2) is 2.78. The van der Waals surface area contributed by atoms with Crippen LogP contribution in [0, 0.1) is 6.92 Å². The van der Waals surface area contributed by atoms with Crippen molar-refractivity contribution in [3.63, 3.8) is 0 Å². The number of carbonyl (C=O) groups excluding carboxylic acids is 1. The molecule has 0 aromatic carbocycles. The van der Waals surface area contributed by atoms with Crippen LogP contribution in [0.1, 0.15) is 12.7 Å². The van der Waals surface area contributed by atoms with Gasteiger partial charge in [0, 0.05) is 20.0 Å². The molecule has 1 aromatic heterocycles. The van der Waals surface area contributed by atoms with E-state index < -0.39 is 0 Å². The highest BCUT2D eigenvalue weighted by atomic mass is 16.4. The summed E-state index contributed by atoms with van der Waals surface area (Å²) in [6.45, 7) is 3.34. The number of rotatable bonds is 1. The lowest BCUT2D eigenvalue weighted by Gasteiger charge is -2.09. The number of furan rings is 1. The van der Waals surface area contributed by atoms with Gasteiger partial charge in [0.25, 0.3) is 0 Å². The van der Waals surface area contributed by atoms with Gasteiger partial charge in [-0.3, -0.25) is 9.69 Å². The monoisotopic (exact) mass is 153 g/mol. The number of hydrogen-bond acceptors (Lipinski definition) is 2. The first-order chi connectivity index (χ1) is 5.11. The van der Waals surface area contributed by atoms with Gasteiger partial charge >= 0.3 is 0 Å². The molecule has 0 atom stereocenters. The molecule has 1 aromatic rings. The molecule has 1 heterocycles. The van der Waals surface area contributed by atoms with Crippen LogP contribution in [0.25, 0.3) is 0 Å². The normalized spacial score (nSPS) is 9.73. The molecule has 0 aliphatic rings. The number of aryl methyl sites for hydroxylation is 1. The minimum Gasteiger partial charge on any atom is -0.445 e. The Hall–Kier alpha value is -1.25. The highest BCUT2D eigenvalue weighted by Crippen LogP contribution is 2.15. The Morgan fingerprint density at radius 1 is 1.55 bits per heavy atom. The molecule has 0 spiro atoms. The fraction of sp³-hybridized carbons (Fsp3) is 0.375. The van der Waals surface area contributed by atoms with Crippen LogP contribution >= 0.6 is 0 Å². The molecule has 0 radical (unpaired) electrons. The summed E-state index contributed by atoms with van der Waals surface area (Å²) >= 11 is 0. The second-order valence-corrected chi connectivity index (χ2v) is 2.46.